The second kappa shape index (κ2) is 6.99. The predicted molar refractivity (Wildman–Crippen MR) is 74.8 cm³/mol. The van der Waals surface area contributed by atoms with E-state index in [1.165, 1.54) is 12.8 Å². The number of nitrogens with two attached hydrogens (primary N) is 1. The van der Waals surface area contributed by atoms with Crippen LogP contribution in [0.25, 0.3) is 0 Å². The minimum Gasteiger partial charge on any atom is -0.434 e. The van der Waals surface area contributed by atoms with Gasteiger partial charge in [-0.15, -0.1) is 0 Å². The topological polar surface area (TPSA) is 38.5 Å². The fourth-order valence-electron chi connectivity index (χ4n) is 2.61. The number of ether oxygens (including phenoxy) is 1. The zero-order chi connectivity index (χ0) is 14.5. The lowest BCUT2D eigenvalue weighted by molar-refractivity contribution is -0.0507. The van der Waals surface area contributed by atoms with Crippen LogP contribution in [0.4, 0.5) is 8.78 Å². The molecular formula is C15H22F2N2O. The second-order valence-electron chi connectivity index (χ2n) is 5.51. The Morgan fingerprint density at radius 1 is 1.30 bits per heavy atom. The van der Waals surface area contributed by atoms with Crippen LogP contribution in [0.5, 0.6) is 5.75 Å². The van der Waals surface area contributed by atoms with Crippen molar-refractivity contribution >= 4 is 0 Å². The van der Waals surface area contributed by atoms with E-state index >= 15 is 0 Å². The van der Waals surface area contributed by atoms with Gasteiger partial charge in [0.1, 0.15) is 5.75 Å². The molecule has 5 heteroatoms. The Morgan fingerprint density at radius 3 is 2.60 bits per heavy atom. The molecule has 20 heavy (non-hydrogen) atoms. The number of likely N-dealkylation sites (tertiary alicyclic amines) is 1. The largest absolute Gasteiger partial charge is 0.434 e. The number of piperidine rings is 1. The number of nitrogens with zero attached hydrogens (tertiary/aromatic N) is 1. The predicted octanol–water partition coefficient (Wildman–Crippen LogP) is 3.02. The maximum Gasteiger partial charge on any atom is 0.387 e. The Balaban J connectivity index is 1.99. The van der Waals surface area contributed by atoms with Crippen LogP contribution < -0.4 is 10.5 Å². The molecule has 3 nitrogen and oxygen atoms in total. The van der Waals surface area contributed by atoms with Gasteiger partial charge in [-0.2, -0.15) is 8.78 Å². The Kier molecular flexibility index (Phi) is 5.31. The first-order chi connectivity index (χ1) is 9.56. The lowest BCUT2D eigenvalue weighted by Gasteiger charge is -2.32. The highest BCUT2D eigenvalue weighted by Gasteiger charge is 2.20. The maximum absolute atomic E-state index is 12.4. The molecule has 1 unspecified atom stereocenters. The van der Waals surface area contributed by atoms with Crippen LogP contribution in [0, 0.1) is 5.92 Å². The molecule has 1 aromatic carbocycles. The van der Waals surface area contributed by atoms with E-state index in [9.17, 15) is 8.78 Å². The van der Waals surface area contributed by atoms with E-state index < -0.39 is 6.61 Å². The second-order valence-corrected chi connectivity index (χ2v) is 5.51. The molecule has 0 aromatic heterocycles. The summed E-state index contributed by atoms with van der Waals surface area (Å²) in [5.41, 5.74) is 6.82. The minimum atomic E-state index is -2.82. The fraction of sp³-hybridized carbons (Fsp3) is 0.600. The van der Waals surface area contributed by atoms with E-state index in [0.29, 0.717) is 12.1 Å². The number of halogens is 2. The van der Waals surface area contributed by atoms with E-state index in [0.717, 1.165) is 19.0 Å². The van der Waals surface area contributed by atoms with Gasteiger partial charge in [-0.3, -0.25) is 0 Å². The van der Waals surface area contributed by atoms with Gasteiger partial charge in [0.25, 0.3) is 0 Å². The average molecular weight is 284 g/mol. The van der Waals surface area contributed by atoms with Gasteiger partial charge in [-0.25, -0.2) is 0 Å². The highest BCUT2D eigenvalue weighted by Crippen LogP contribution is 2.27. The van der Waals surface area contributed by atoms with Crippen LogP contribution in [0.2, 0.25) is 0 Å². The number of hydrogen-bond donors (Lipinski definition) is 1. The molecule has 0 bridgehead atoms. The number of hydrogen-bond acceptors (Lipinski definition) is 3. The van der Waals surface area contributed by atoms with Gasteiger partial charge in [-0.1, -0.05) is 25.1 Å². The summed E-state index contributed by atoms with van der Waals surface area (Å²) in [7, 11) is 0. The monoisotopic (exact) mass is 284 g/mol. The molecule has 0 spiro atoms. The van der Waals surface area contributed by atoms with Crippen molar-refractivity contribution in [2.75, 3.05) is 19.6 Å². The molecule has 0 radical (unpaired) electrons. The molecule has 1 atom stereocenters. The molecule has 1 aromatic rings. The lowest BCUT2D eigenvalue weighted by Crippen LogP contribution is -2.38. The molecule has 1 heterocycles. The molecule has 0 aliphatic carbocycles. The minimum absolute atomic E-state index is 0.181. The summed E-state index contributed by atoms with van der Waals surface area (Å²) < 4.78 is 29.3. The highest BCUT2D eigenvalue weighted by molar-refractivity contribution is 5.36. The number of alkyl halides is 2. The van der Waals surface area contributed by atoms with Crippen molar-refractivity contribution in [1.82, 2.24) is 4.90 Å². The Labute approximate surface area is 118 Å². The molecule has 0 saturated carbocycles. The summed E-state index contributed by atoms with van der Waals surface area (Å²) in [4.78, 5) is 2.30. The van der Waals surface area contributed by atoms with E-state index in [1.807, 2.05) is 0 Å². The molecule has 2 N–H and O–H groups in total. The third-order valence-electron chi connectivity index (χ3n) is 3.87. The fourth-order valence-corrected chi connectivity index (χ4v) is 2.61. The maximum atomic E-state index is 12.4. The zero-order valence-corrected chi connectivity index (χ0v) is 11.8. The SMILES string of the molecule is CC1CCN(CC(N)c2ccccc2OC(F)F)CC1. The van der Waals surface area contributed by atoms with Crippen molar-refractivity contribution in [2.24, 2.45) is 11.7 Å². The summed E-state index contributed by atoms with van der Waals surface area (Å²) in [6.07, 6.45) is 2.34. The van der Waals surface area contributed by atoms with Crippen molar-refractivity contribution in [2.45, 2.75) is 32.4 Å². The van der Waals surface area contributed by atoms with E-state index in [1.54, 1.807) is 24.3 Å². The van der Waals surface area contributed by atoms with Gasteiger partial charge in [0.2, 0.25) is 0 Å². The Hall–Kier alpha value is -1.20. The van der Waals surface area contributed by atoms with Crippen molar-refractivity contribution < 1.29 is 13.5 Å². The third kappa shape index (κ3) is 4.15. The average Bonchev–Trinajstić information content (AvgIpc) is 2.41. The summed E-state index contributed by atoms with van der Waals surface area (Å²) in [6, 6.07) is 6.47. The highest BCUT2D eigenvalue weighted by atomic mass is 19.3. The van der Waals surface area contributed by atoms with E-state index in [4.69, 9.17) is 5.73 Å². The first-order valence-electron chi connectivity index (χ1n) is 7.08. The Bertz CT molecular complexity index is 420. The van der Waals surface area contributed by atoms with E-state index in [2.05, 4.69) is 16.6 Å². The number of para-hydroxylation sites is 1. The summed E-state index contributed by atoms with van der Waals surface area (Å²) in [6.45, 7) is 2.15. The molecule has 1 fully saturated rings. The van der Waals surface area contributed by atoms with Gasteiger partial charge in [0.05, 0.1) is 0 Å². The van der Waals surface area contributed by atoms with Crippen LogP contribution in [-0.4, -0.2) is 31.1 Å². The van der Waals surface area contributed by atoms with Gasteiger partial charge in [-0.05, 0) is 37.9 Å². The van der Waals surface area contributed by atoms with Crippen LogP contribution in [0.1, 0.15) is 31.4 Å². The lowest BCUT2D eigenvalue weighted by atomic mass is 9.98. The summed E-state index contributed by atoms with van der Waals surface area (Å²) in [5.74, 6) is 0.942. The van der Waals surface area contributed by atoms with E-state index in [-0.39, 0.29) is 11.8 Å². The standard InChI is InChI=1S/C15H22F2N2O/c1-11-6-8-19(9-7-11)10-13(18)12-4-2-3-5-14(12)20-15(16)17/h2-5,11,13,15H,6-10,18H2,1H3. The number of rotatable bonds is 5. The van der Waals surface area contributed by atoms with Crippen LogP contribution >= 0.6 is 0 Å². The molecule has 2 rings (SSSR count). The normalized spacial score (nSPS) is 19.2. The molecule has 1 aliphatic rings. The van der Waals surface area contributed by atoms with Crippen LogP contribution in [0.3, 0.4) is 0 Å². The van der Waals surface area contributed by atoms with Crippen molar-refractivity contribution in [3.63, 3.8) is 0 Å². The third-order valence-corrected chi connectivity index (χ3v) is 3.87. The molecule has 1 aliphatic heterocycles. The molecule has 0 amide bonds. The molecular weight excluding hydrogens is 262 g/mol. The van der Waals surface area contributed by atoms with Gasteiger partial charge < -0.3 is 15.4 Å². The zero-order valence-electron chi connectivity index (χ0n) is 11.8. The summed E-state index contributed by atoms with van der Waals surface area (Å²) >= 11 is 0. The summed E-state index contributed by atoms with van der Waals surface area (Å²) in [5, 5.41) is 0. The quantitative estimate of drug-likeness (QED) is 0.903. The first-order valence-corrected chi connectivity index (χ1v) is 7.08. The van der Waals surface area contributed by atoms with Crippen LogP contribution in [-0.2, 0) is 0 Å². The smallest absolute Gasteiger partial charge is 0.387 e. The van der Waals surface area contributed by atoms with Crippen molar-refractivity contribution in [3.8, 4) is 5.75 Å². The Morgan fingerprint density at radius 2 is 1.95 bits per heavy atom. The number of benzene rings is 1. The van der Waals surface area contributed by atoms with Crippen molar-refractivity contribution in [3.05, 3.63) is 29.8 Å². The van der Waals surface area contributed by atoms with Crippen molar-refractivity contribution in [1.29, 1.82) is 0 Å². The van der Waals surface area contributed by atoms with Gasteiger partial charge >= 0.3 is 6.61 Å². The van der Waals surface area contributed by atoms with Gasteiger partial charge in [0, 0.05) is 18.2 Å². The first kappa shape index (κ1) is 15.2. The molecule has 112 valence electrons. The van der Waals surface area contributed by atoms with Crippen LogP contribution in [0.15, 0.2) is 24.3 Å². The van der Waals surface area contributed by atoms with Gasteiger partial charge in [0.15, 0.2) is 0 Å². The molecule has 1 saturated heterocycles.